The van der Waals surface area contributed by atoms with Gasteiger partial charge >= 0.3 is 0 Å². The summed E-state index contributed by atoms with van der Waals surface area (Å²) in [7, 11) is 0. The van der Waals surface area contributed by atoms with Crippen molar-refractivity contribution in [3.8, 4) is 23.5 Å². The van der Waals surface area contributed by atoms with Crippen LogP contribution < -0.4 is 5.32 Å². The maximum atomic E-state index is 13.0. The number of hydrogen-bond acceptors (Lipinski definition) is 6. The number of amides is 1. The van der Waals surface area contributed by atoms with E-state index in [-0.39, 0.29) is 11.4 Å². The summed E-state index contributed by atoms with van der Waals surface area (Å²) in [5.74, 6) is 2.36. The summed E-state index contributed by atoms with van der Waals surface area (Å²) in [6.45, 7) is 7.23. The zero-order valence-corrected chi connectivity index (χ0v) is 17.0. The van der Waals surface area contributed by atoms with Crippen LogP contribution in [-0.4, -0.2) is 25.8 Å². The van der Waals surface area contributed by atoms with Gasteiger partial charge in [-0.05, 0) is 39.2 Å². The van der Waals surface area contributed by atoms with E-state index in [1.54, 1.807) is 18.2 Å². The fourth-order valence-electron chi connectivity index (χ4n) is 2.67. The quantitative estimate of drug-likeness (QED) is 0.353. The summed E-state index contributed by atoms with van der Waals surface area (Å²) >= 11 is 4.46. The molecule has 0 unspecified atom stereocenters. The highest BCUT2D eigenvalue weighted by atomic mass is 79.9. The van der Waals surface area contributed by atoms with E-state index >= 15 is 0 Å². The van der Waals surface area contributed by atoms with Crippen molar-refractivity contribution in [3.63, 3.8) is 0 Å². The van der Waals surface area contributed by atoms with E-state index in [0.29, 0.717) is 36.9 Å². The molecule has 9 heteroatoms. The second-order valence-corrected chi connectivity index (χ2v) is 7.47. The van der Waals surface area contributed by atoms with Crippen LogP contribution >= 0.6 is 27.3 Å². The number of carbonyl (C=O) groups is 1. The highest BCUT2D eigenvalue weighted by Crippen LogP contribution is 2.31. The topological polar surface area (TPSA) is 85.0 Å². The largest absolute Gasteiger partial charge is 0.361 e. The molecule has 0 aliphatic rings. The molecule has 0 saturated carbocycles. The average Bonchev–Trinajstić information content (AvgIpc) is 3.14. The van der Waals surface area contributed by atoms with E-state index in [1.807, 2.05) is 12.1 Å². The minimum absolute atomic E-state index is 0.168. The van der Waals surface area contributed by atoms with Gasteiger partial charge < -0.3 is 4.85 Å². The third kappa shape index (κ3) is 3.69. The normalized spacial score (nSPS) is 10.3. The molecule has 0 radical (unpaired) electrons. The number of aromatic nitrogens is 4. The van der Waals surface area contributed by atoms with Gasteiger partial charge in [0.1, 0.15) is 10.8 Å². The molecular weight excluding hydrogens is 452 g/mol. The zero-order chi connectivity index (χ0) is 20.4. The third-order valence-corrected chi connectivity index (χ3v) is 5.17. The second kappa shape index (κ2) is 7.76. The number of benzene rings is 1. The van der Waals surface area contributed by atoms with Crippen LogP contribution in [0.2, 0.25) is 0 Å². The summed E-state index contributed by atoms with van der Waals surface area (Å²) in [5, 5.41) is 3.11. The fraction of sp³-hybridized carbons (Fsp3) is 0. The Kier molecular flexibility index (Phi) is 5.00. The molecule has 4 aromatic rings. The van der Waals surface area contributed by atoms with Gasteiger partial charge in [0.05, 0.1) is 11.8 Å². The summed E-state index contributed by atoms with van der Waals surface area (Å²) in [5.41, 5.74) is 2.53. The Morgan fingerprint density at radius 2 is 2.03 bits per heavy atom. The van der Waals surface area contributed by atoms with Gasteiger partial charge in [0.15, 0.2) is 15.6 Å². The first-order chi connectivity index (χ1) is 14.1. The van der Waals surface area contributed by atoms with Crippen molar-refractivity contribution in [1.82, 2.24) is 19.9 Å². The standard InChI is InChI=1S/C20H9BrN6OS/c1-3-11-6-4-5-7-12(11)13-8-16(22-2)23-9-14(13)18(28)27-20-26-17-19(29-20)25-15(21)10-24-17/h1,4-10H,(H,24,26,27,28). The maximum Gasteiger partial charge on any atom is 0.270 e. The molecule has 0 fully saturated rings. The lowest BCUT2D eigenvalue weighted by atomic mass is 9.96. The van der Waals surface area contributed by atoms with Crippen molar-refractivity contribution in [3.05, 3.63) is 69.9 Å². The van der Waals surface area contributed by atoms with Crippen LogP contribution in [0.25, 0.3) is 26.4 Å². The molecule has 1 N–H and O–H groups in total. The molecule has 29 heavy (non-hydrogen) atoms. The lowest BCUT2D eigenvalue weighted by molar-refractivity contribution is 0.102. The van der Waals surface area contributed by atoms with E-state index in [2.05, 4.69) is 51.9 Å². The first-order valence-corrected chi connectivity index (χ1v) is 9.74. The van der Waals surface area contributed by atoms with E-state index in [4.69, 9.17) is 13.0 Å². The Labute approximate surface area is 177 Å². The SMILES string of the molecule is [C-]#[N+]c1cc(-c2ccccc2C#C)c(C(=O)Nc2nc3ncc(Br)nc3s2)cn1. The van der Waals surface area contributed by atoms with E-state index in [1.165, 1.54) is 23.7 Å². The van der Waals surface area contributed by atoms with E-state index < -0.39 is 5.91 Å². The summed E-state index contributed by atoms with van der Waals surface area (Å²) in [4.78, 5) is 33.7. The zero-order valence-electron chi connectivity index (χ0n) is 14.5. The van der Waals surface area contributed by atoms with Crippen LogP contribution in [0.3, 0.4) is 0 Å². The third-order valence-electron chi connectivity index (χ3n) is 3.94. The predicted molar refractivity (Wildman–Crippen MR) is 115 cm³/mol. The van der Waals surface area contributed by atoms with Crippen molar-refractivity contribution in [1.29, 1.82) is 0 Å². The summed E-state index contributed by atoms with van der Waals surface area (Å²) in [6, 6.07) is 8.76. The number of nitrogens with one attached hydrogen (secondary N) is 1. The monoisotopic (exact) mass is 460 g/mol. The number of thiazole rings is 1. The highest BCUT2D eigenvalue weighted by molar-refractivity contribution is 9.10. The molecule has 138 valence electrons. The van der Waals surface area contributed by atoms with Crippen molar-refractivity contribution < 1.29 is 4.79 Å². The Bertz CT molecular complexity index is 1350. The number of anilines is 1. The lowest BCUT2D eigenvalue weighted by Crippen LogP contribution is -2.13. The molecule has 0 aliphatic heterocycles. The number of fused-ring (bicyclic) bond motifs is 1. The molecule has 0 saturated heterocycles. The van der Waals surface area contributed by atoms with Crippen molar-refractivity contribution in [2.75, 3.05) is 5.32 Å². The summed E-state index contributed by atoms with van der Waals surface area (Å²) < 4.78 is 0.582. The van der Waals surface area contributed by atoms with Gasteiger partial charge in [0.25, 0.3) is 11.7 Å². The Morgan fingerprint density at radius 1 is 1.21 bits per heavy atom. The van der Waals surface area contributed by atoms with Gasteiger partial charge in [-0.1, -0.05) is 42.0 Å². The van der Waals surface area contributed by atoms with Crippen LogP contribution in [0, 0.1) is 18.9 Å². The summed E-state index contributed by atoms with van der Waals surface area (Å²) in [6.07, 6.45) is 8.51. The molecule has 0 aliphatic carbocycles. The number of halogens is 1. The molecule has 1 amide bonds. The van der Waals surface area contributed by atoms with Crippen molar-refractivity contribution in [2.45, 2.75) is 0 Å². The van der Waals surface area contributed by atoms with Crippen LogP contribution in [0.5, 0.6) is 0 Å². The Hall–Kier alpha value is -3.66. The van der Waals surface area contributed by atoms with Crippen LogP contribution in [0.4, 0.5) is 10.9 Å². The van der Waals surface area contributed by atoms with Gasteiger partial charge in [-0.3, -0.25) is 10.1 Å². The predicted octanol–water partition coefficient (Wildman–Crippen LogP) is 4.70. The molecule has 4 rings (SSSR count). The number of nitrogens with zero attached hydrogens (tertiary/aromatic N) is 5. The fourth-order valence-corrected chi connectivity index (χ4v) is 3.86. The average molecular weight is 461 g/mol. The molecule has 7 nitrogen and oxygen atoms in total. The number of terminal acetylenes is 1. The molecule has 0 bridgehead atoms. The number of hydrogen-bond donors (Lipinski definition) is 1. The molecule has 3 aromatic heterocycles. The Balaban J connectivity index is 1.76. The first kappa shape index (κ1) is 18.7. The van der Waals surface area contributed by atoms with Crippen LogP contribution in [0.15, 0.2) is 47.3 Å². The van der Waals surface area contributed by atoms with Crippen molar-refractivity contribution >= 4 is 54.6 Å². The van der Waals surface area contributed by atoms with Gasteiger partial charge in [-0.25, -0.2) is 9.97 Å². The molecule has 3 heterocycles. The first-order valence-electron chi connectivity index (χ1n) is 8.13. The minimum Gasteiger partial charge on any atom is -0.361 e. The second-order valence-electron chi connectivity index (χ2n) is 5.68. The number of rotatable bonds is 3. The van der Waals surface area contributed by atoms with Gasteiger partial charge in [0, 0.05) is 5.56 Å². The maximum absolute atomic E-state index is 13.0. The van der Waals surface area contributed by atoms with Crippen molar-refractivity contribution in [2.24, 2.45) is 0 Å². The smallest absolute Gasteiger partial charge is 0.270 e. The minimum atomic E-state index is -0.422. The lowest BCUT2D eigenvalue weighted by Gasteiger charge is -2.10. The van der Waals surface area contributed by atoms with E-state index in [0.717, 1.165) is 0 Å². The van der Waals surface area contributed by atoms with Crippen LogP contribution in [-0.2, 0) is 0 Å². The van der Waals surface area contributed by atoms with Gasteiger partial charge in [-0.2, -0.15) is 4.98 Å². The number of pyridine rings is 1. The van der Waals surface area contributed by atoms with Gasteiger partial charge in [-0.15, -0.1) is 11.4 Å². The molecule has 1 aromatic carbocycles. The Morgan fingerprint density at radius 3 is 2.83 bits per heavy atom. The van der Waals surface area contributed by atoms with Gasteiger partial charge in [0.2, 0.25) is 0 Å². The van der Waals surface area contributed by atoms with E-state index in [9.17, 15) is 4.79 Å². The highest BCUT2D eigenvalue weighted by Gasteiger charge is 2.19. The van der Waals surface area contributed by atoms with Crippen LogP contribution in [0.1, 0.15) is 15.9 Å². The molecule has 0 atom stereocenters. The number of carbonyl (C=O) groups excluding carboxylic acids is 1. The molecular formula is C20H9BrN6OS. The molecule has 0 spiro atoms.